The predicted octanol–water partition coefficient (Wildman–Crippen LogP) is 3.16. The van der Waals surface area contributed by atoms with Crippen molar-refractivity contribution in [3.8, 4) is 11.5 Å². The summed E-state index contributed by atoms with van der Waals surface area (Å²) in [5, 5.41) is 2.44. The first kappa shape index (κ1) is 18.8. The highest BCUT2D eigenvalue weighted by Crippen LogP contribution is 2.48. The fraction of sp³-hybridized carbons (Fsp3) is 0.600. The summed E-state index contributed by atoms with van der Waals surface area (Å²) < 4.78 is 19.6. The first-order chi connectivity index (χ1) is 14.9. The van der Waals surface area contributed by atoms with Gasteiger partial charge in [0.2, 0.25) is 0 Å². The van der Waals surface area contributed by atoms with E-state index >= 15 is 0 Å². The van der Waals surface area contributed by atoms with E-state index in [1.807, 2.05) is 0 Å². The summed E-state index contributed by atoms with van der Waals surface area (Å²) in [6, 6.07) is 10.9. The molecule has 30 heavy (non-hydrogen) atoms. The van der Waals surface area contributed by atoms with Gasteiger partial charge in [0.1, 0.15) is 0 Å². The Morgan fingerprint density at radius 1 is 0.933 bits per heavy atom. The SMILES string of the molecule is c1ccc2c3c(cc(N4CCOCC4)c2c1)O[C@@]1([NH+]2CCCCC2)CCCC[C@H]1O3. The van der Waals surface area contributed by atoms with Gasteiger partial charge in [0.25, 0.3) is 5.72 Å². The number of rotatable bonds is 2. The fourth-order valence-electron chi connectivity index (χ4n) is 6.17. The van der Waals surface area contributed by atoms with Gasteiger partial charge in [-0.25, -0.2) is 0 Å². The van der Waals surface area contributed by atoms with Crippen molar-refractivity contribution in [1.29, 1.82) is 0 Å². The molecule has 1 N–H and O–H groups in total. The highest BCUT2D eigenvalue weighted by atomic mass is 16.6. The third kappa shape index (κ3) is 2.97. The van der Waals surface area contributed by atoms with Crippen LogP contribution in [0, 0.1) is 0 Å². The van der Waals surface area contributed by atoms with E-state index in [1.165, 1.54) is 61.7 Å². The van der Waals surface area contributed by atoms with E-state index in [2.05, 4.69) is 35.2 Å². The Labute approximate surface area is 178 Å². The second-order valence-electron chi connectivity index (χ2n) is 9.38. The second kappa shape index (κ2) is 7.61. The molecular formula is C25H33N2O3+. The van der Waals surface area contributed by atoms with Crippen molar-refractivity contribution in [2.75, 3.05) is 44.3 Å². The second-order valence-corrected chi connectivity index (χ2v) is 9.38. The molecule has 0 unspecified atom stereocenters. The minimum Gasteiger partial charge on any atom is -0.475 e. The predicted molar refractivity (Wildman–Crippen MR) is 118 cm³/mol. The number of quaternary nitrogens is 1. The van der Waals surface area contributed by atoms with Crippen molar-refractivity contribution in [1.82, 2.24) is 0 Å². The van der Waals surface area contributed by atoms with Crippen molar-refractivity contribution in [3.05, 3.63) is 30.3 Å². The van der Waals surface area contributed by atoms with Crippen molar-refractivity contribution >= 4 is 16.5 Å². The Morgan fingerprint density at radius 3 is 2.57 bits per heavy atom. The maximum Gasteiger partial charge on any atom is 0.278 e. The van der Waals surface area contributed by atoms with Crippen LogP contribution in [-0.4, -0.2) is 51.2 Å². The number of benzene rings is 2. The molecule has 160 valence electrons. The van der Waals surface area contributed by atoms with Crippen LogP contribution in [0.2, 0.25) is 0 Å². The maximum absolute atomic E-state index is 7.08. The number of nitrogens with one attached hydrogen (secondary N) is 1. The number of hydrogen-bond acceptors (Lipinski definition) is 4. The zero-order chi connectivity index (χ0) is 20.0. The number of piperidine rings is 1. The molecule has 2 aromatic rings. The first-order valence-corrected chi connectivity index (χ1v) is 11.9. The lowest BCUT2D eigenvalue weighted by Crippen LogP contribution is -3.24. The standard InChI is InChI=1S/C25H32N2O3/c1-6-12-27(13-7-1)25-11-5-4-10-23(25)29-24-20-9-3-2-8-19(20)21(18-22(24)30-25)26-14-16-28-17-15-26/h2-3,8-9,18,23H,1,4-7,10-17H2/p+1/t23-,25+/m1/s1. The monoisotopic (exact) mass is 409 g/mol. The summed E-state index contributed by atoms with van der Waals surface area (Å²) >= 11 is 0. The van der Waals surface area contributed by atoms with Gasteiger partial charge in [-0.1, -0.05) is 24.3 Å². The number of fused-ring (bicyclic) bond motifs is 4. The van der Waals surface area contributed by atoms with Gasteiger partial charge in [-0.3, -0.25) is 4.90 Å². The molecule has 3 fully saturated rings. The molecule has 5 nitrogen and oxygen atoms in total. The minimum atomic E-state index is -0.212. The Bertz CT molecular complexity index is 920. The minimum absolute atomic E-state index is 0.157. The lowest BCUT2D eigenvalue weighted by atomic mass is 9.85. The van der Waals surface area contributed by atoms with E-state index < -0.39 is 0 Å². The van der Waals surface area contributed by atoms with Gasteiger partial charge in [-0.2, -0.15) is 0 Å². The summed E-state index contributed by atoms with van der Waals surface area (Å²) in [4.78, 5) is 4.06. The molecule has 2 atom stereocenters. The average Bonchev–Trinajstić information content (AvgIpc) is 2.83. The Kier molecular flexibility index (Phi) is 4.76. The third-order valence-electron chi connectivity index (χ3n) is 7.68. The van der Waals surface area contributed by atoms with Crippen LogP contribution in [0.3, 0.4) is 0 Å². The molecule has 2 aromatic carbocycles. The zero-order valence-corrected chi connectivity index (χ0v) is 17.8. The van der Waals surface area contributed by atoms with Crippen molar-refractivity contribution < 1.29 is 19.1 Å². The Hall–Kier alpha value is -1.98. The lowest BCUT2D eigenvalue weighted by molar-refractivity contribution is -0.984. The van der Waals surface area contributed by atoms with E-state index in [4.69, 9.17) is 14.2 Å². The van der Waals surface area contributed by atoms with E-state index in [0.717, 1.165) is 50.6 Å². The highest BCUT2D eigenvalue weighted by molar-refractivity contribution is 6.00. The lowest BCUT2D eigenvalue weighted by Gasteiger charge is -2.50. The maximum atomic E-state index is 7.08. The molecule has 3 aliphatic heterocycles. The highest BCUT2D eigenvalue weighted by Gasteiger charge is 2.56. The van der Waals surface area contributed by atoms with Gasteiger partial charge in [-0.15, -0.1) is 0 Å². The molecule has 0 aromatic heterocycles. The molecule has 0 radical (unpaired) electrons. The van der Waals surface area contributed by atoms with Crippen LogP contribution < -0.4 is 19.3 Å². The van der Waals surface area contributed by atoms with Crippen LogP contribution >= 0.6 is 0 Å². The number of nitrogens with zero attached hydrogens (tertiary/aromatic N) is 1. The summed E-state index contributed by atoms with van der Waals surface area (Å²) in [5.74, 6) is 1.91. The van der Waals surface area contributed by atoms with E-state index in [1.54, 1.807) is 4.90 Å². The smallest absolute Gasteiger partial charge is 0.278 e. The van der Waals surface area contributed by atoms with Crippen LogP contribution in [0.5, 0.6) is 11.5 Å². The number of likely N-dealkylation sites (tertiary alicyclic amines) is 1. The zero-order valence-electron chi connectivity index (χ0n) is 17.8. The van der Waals surface area contributed by atoms with Crippen LogP contribution in [-0.2, 0) is 4.74 Å². The van der Waals surface area contributed by atoms with Crippen molar-refractivity contribution in [3.63, 3.8) is 0 Å². The number of morpholine rings is 1. The van der Waals surface area contributed by atoms with Gasteiger partial charge in [0.15, 0.2) is 17.6 Å². The van der Waals surface area contributed by atoms with E-state index in [9.17, 15) is 0 Å². The normalized spacial score (nSPS) is 29.6. The topological polar surface area (TPSA) is 35.4 Å². The van der Waals surface area contributed by atoms with E-state index in [-0.39, 0.29) is 11.8 Å². The van der Waals surface area contributed by atoms with Gasteiger partial charge in [0.05, 0.1) is 26.3 Å². The van der Waals surface area contributed by atoms with Crippen LogP contribution in [0.15, 0.2) is 30.3 Å². The number of hydrogen-bond donors (Lipinski definition) is 1. The Morgan fingerprint density at radius 2 is 1.73 bits per heavy atom. The molecule has 6 rings (SSSR count). The molecule has 0 bridgehead atoms. The molecular weight excluding hydrogens is 376 g/mol. The molecule has 1 aliphatic carbocycles. The van der Waals surface area contributed by atoms with Gasteiger partial charge in [-0.05, 0) is 38.5 Å². The number of ether oxygens (including phenoxy) is 3. The van der Waals surface area contributed by atoms with Crippen LogP contribution in [0.1, 0.15) is 44.9 Å². The largest absolute Gasteiger partial charge is 0.475 e. The molecule has 2 saturated heterocycles. The molecule has 0 amide bonds. The summed E-state index contributed by atoms with van der Waals surface area (Å²) in [6.45, 7) is 5.83. The van der Waals surface area contributed by atoms with Crippen molar-refractivity contribution in [2.24, 2.45) is 0 Å². The Balaban J connectivity index is 1.47. The molecule has 3 heterocycles. The quantitative estimate of drug-likeness (QED) is 0.827. The molecule has 0 spiro atoms. The van der Waals surface area contributed by atoms with Crippen LogP contribution in [0.25, 0.3) is 10.8 Å². The van der Waals surface area contributed by atoms with E-state index in [0.29, 0.717) is 0 Å². The van der Waals surface area contributed by atoms with Gasteiger partial charge in [0, 0.05) is 42.0 Å². The van der Waals surface area contributed by atoms with Crippen LogP contribution in [0.4, 0.5) is 5.69 Å². The fourth-order valence-corrected chi connectivity index (χ4v) is 6.17. The molecule has 5 heteroatoms. The average molecular weight is 410 g/mol. The van der Waals surface area contributed by atoms with Gasteiger partial charge >= 0.3 is 0 Å². The summed E-state index contributed by atoms with van der Waals surface area (Å²) in [5.41, 5.74) is 1.05. The first-order valence-electron chi connectivity index (χ1n) is 11.9. The molecule has 4 aliphatic rings. The number of anilines is 1. The van der Waals surface area contributed by atoms with Gasteiger partial charge < -0.3 is 19.1 Å². The van der Waals surface area contributed by atoms with Crippen molar-refractivity contribution in [2.45, 2.75) is 56.8 Å². The molecule has 1 saturated carbocycles. The summed E-state index contributed by atoms with van der Waals surface area (Å²) in [6.07, 6.45) is 8.80. The summed E-state index contributed by atoms with van der Waals surface area (Å²) in [7, 11) is 0. The third-order valence-corrected chi connectivity index (χ3v) is 7.68.